The number of carbonyl (C=O) groups excluding carboxylic acids is 2. The van der Waals surface area contributed by atoms with E-state index >= 15 is 0 Å². The second-order valence-electron chi connectivity index (χ2n) is 7.03. The fourth-order valence-corrected chi connectivity index (χ4v) is 3.77. The quantitative estimate of drug-likeness (QED) is 0.932. The number of benzene rings is 1. The molecule has 1 heterocycles. The third-order valence-electron chi connectivity index (χ3n) is 5.01. The molecule has 1 N–H and O–H groups in total. The van der Waals surface area contributed by atoms with Crippen LogP contribution in [0, 0.1) is 5.92 Å². The van der Waals surface area contributed by atoms with Crippen LogP contribution < -0.4 is 5.32 Å². The molecule has 0 saturated heterocycles. The molecule has 0 aromatic heterocycles. The summed E-state index contributed by atoms with van der Waals surface area (Å²) in [4.78, 5) is 27.3. The highest BCUT2D eigenvalue weighted by atomic mass is 16.2. The molecule has 2 amide bonds. The summed E-state index contributed by atoms with van der Waals surface area (Å²) in [6, 6.07) is 7.82. The van der Waals surface area contributed by atoms with Crippen molar-refractivity contribution in [2.75, 3.05) is 6.54 Å². The second kappa shape index (κ2) is 6.73. The highest BCUT2D eigenvalue weighted by Crippen LogP contribution is 2.31. The zero-order valence-corrected chi connectivity index (χ0v) is 14.0. The molecule has 1 fully saturated rings. The minimum atomic E-state index is -0.476. The molecule has 1 aliphatic carbocycles. The summed E-state index contributed by atoms with van der Waals surface area (Å²) in [6.07, 6.45) is 5.29. The Morgan fingerprint density at radius 3 is 2.57 bits per heavy atom. The van der Waals surface area contributed by atoms with Crippen molar-refractivity contribution >= 4 is 11.8 Å². The van der Waals surface area contributed by atoms with E-state index in [0.29, 0.717) is 6.54 Å². The molecule has 1 atom stereocenters. The Morgan fingerprint density at radius 1 is 1.17 bits per heavy atom. The van der Waals surface area contributed by atoms with Gasteiger partial charge in [0, 0.05) is 18.5 Å². The van der Waals surface area contributed by atoms with Crippen molar-refractivity contribution in [2.24, 2.45) is 5.92 Å². The molecule has 0 bridgehead atoms. The zero-order chi connectivity index (χ0) is 16.4. The number of rotatable bonds is 3. The minimum absolute atomic E-state index is 0.0157. The van der Waals surface area contributed by atoms with Crippen molar-refractivity contribution in [2.45, 2.75) is 58.0 Å². The monoisotopic (exact) mass is 314 g/mol. The van der Waals surface area contributed by atoms with Gasteiger partial charge in [-0.15, -0.1) is 0 Å². The molecule has 4 heteroatoms. The third-order valence-corrected chi connectivity index (χ3v) is 5.01. The van der Waals surface area contributed by atoms with Crippen LogP contribution in [-0.4, -0.2) is 29.3 Å². The summed E-state index contributed by atoms with van der Waals surface area (Å²) in [5.41, 5.74) is 2.18. The molecule has 3 rings (SSSR count). The molecule has 4 nitrogen and oxygen atoms in total. The molecule has 1 saturated carbocycles. The first-order valence-electron chi connectivity index (χ1n) is 8.76. The van der Waals surface area contributed by atoms with Crippen LogP contribution in [0.2, 0.25) is 0 Å². The van der Waals surface area contributed by atoms with Crippen LogP contribution in [0.15, 0.2) is 24.3 Å². The standard InChI is InChI=1S/C19H26N2O2/c1-13(2)19(23)21-12-11-14-7-3-6-10-16(14)17(21)18(22)20-15-8-4-5-9-15/h3,6-7,10,13,15,17H,4-5,8-9,11-12H2,1-2H3,(H,20,22)/t17-/m1/s1. The maximum Gasteiger partial charge on any atom is 0.247 e. The summed E-state index contributed by atoms with van der Waals surface area (Å²) in [6.45, 7) is 4.42. The summed E-state index contributed by atoms with van der Waals surface area (Å²) in [5, 5.41) is 3.18. The van der Waals surface area contributed by atoms with Gasteiger partial charge in [0.2, 0.25) is 11.8 Å². The molecule has 1 aliphatic heterocycles. The van der Waals surface area contributed by atoms with Crippen molar-refractivity contribution in [1.29, 1.82) is 0 Å². The molecule has 2 aliphatic rings. The zero-order valence-electron chi connectivity index (χ0n) is 14.0. The Morgan fingerprint density at radius 2 is 1.87 bits per heavy atom. The topological polar surface area (TPSA) is 49.4 Å². The first-order valence-corrected chi connectivity index (χ1v) is 8.76. The lowest BCUT2D eigenvalue weighted by atomic mass is 9.91. The molecule has 0 radical (unpaired) electrons. The van der Waals surface area contributed by atoms with Gasteiger partial charge in [0.05, 0.1) is 0 Å². The van der Waals surface area contributed by atoms with Gasteiger partial charge < -0.3 is 10.2 Å². The summed E-state index contributed by atoms with van der Waals surface area (Å²) < 4.78 is 0. The summed E-state index contributed by atoms with van der Waals surface area (Å²) in [7, 11) is 0. The van der Waals surface area contributed by atoms with E-state index in [1.165, 1.54) is 18.4 Å². The van der Waals surface area contributed by atoms with E-state index in [9.17, 15) is 9.59 Å². The van der Waals surface area contributed by atoms with Gasteiger partial charge in [0.25, 0.3) is 0 Å². The van der Waals surface area contributed by atoms with E-state index < -0.39 is 6.04 Å². The predicted octanol–water partition coefficient (Wildman–Crippen LogP) is 2.83. The van der Waals surface area contributed by atoms with E-state index in [1.54, 1.807) is 4.90 Å². The van der Waals surface area contributed by atoms with Crippen molar-refractivity contribution < 1.29 is 9.59 Å². The van der Waals surface area contributed by atoms with Gasteiger partial charge in [-0.3, -0.25) is 9.59 Å². The minimum Gasteiger partial charge on any atom is -0.351 e. The molecule has 0 spiro atoms. The van der Waals surface area contributed by atoms with E-state index in [1.807, 2.05) is 32.0 Å². The van der Waals surface area contributed by atoms with Gasteiger partial charge in [-0.2, -0.15) is 0 Å². The fraction of sp³-hybridized carbons (Fsp3) is 0.579. The van der Waals surface area contributed by atoms with Crippen LogP contribution in [0.4, 0.5) is 0 Å². The van der Waals surface area contributed by atoms with E-state index in [-0.39, 0.29) is 23.8 Å². The van der Waals surface area contributed by atoms with Crippen LogP contribution in [0.25, 0.3) is 0 Å². The second-order valence-corrected chi connectivity index (χ2v) is 7.03. The van der Waals surface area contributed by atoms with Crippen molar-refractivity contribution in [3.63, 3.8) is 0 Å². The lowest BCUT2D eigenvalue weighted by molar-refractivity contribution is -0.144. The lowest BCUT2D eigenvalue weighted by Crippen LogP contribution is -2.50. The highest BCUT2D eigenvalue weighted by molar-refractivity contribution is 5.90. The predicted molar refractivity (Wildman–Crippen MR) is 89.8 cm³/mol. The maximum atomic E-state index is 12.9. The van der Waals surface area contributed by atoms with E-state index in [2.05, 4.69) is 11.4 Å². The molecular weight excluding hydrogens is 288 g/mol. The van der Waals surface area contributed by atoms with Crippen molar-refractivity contribution in [3.05, 3.63) is 35.4 Å². The number of fused-ring (bicyclic) bond motifs is 1. The number of amides is 2. The smallest absolute Gasteiger partial charge is 0.247 e. The molecule has 23 heavy (non-hydrogen) atoms. The number of nitrogens with zero attached hydrogens (tertiary/aromatic N) is 1. The first-order chi connectivity index (χ1) is 11.1. The normalized spacial score (nSPS) is 21.3. The lowest BCUT2D eigenvalue weighted by Gasteiger charge is -2.37. The summed E-state index contributed by atoms with van der Waals surface area (Å²) >= 11 is 0. The Bertz CT molecular complexity index is 591. The highest BCUT2D eigenvalue weighted by Gasteiger charge is 2.37. The van der Waals surface area contributed by atoms with Gasteiger partial charge in [-0.25, -0.2) is 0 Å². The van der Waals surface area contributed by atoms with Gasteiger partial charge in [0.15, 0.2) is 0 Å². The third kappa shape index (κ3) is 3.26. The summed E-state index contributed by atoms with van der Waals surface area (Å²) in [5.74, 6) is -0.0498. The molecule has 1 aromatic rings. The van der Waals surface area contributed by atoms with Crippen molar-refractivity contribution in [1.82, 2.24) is 10.2 Å². The molecule has 0 unspecified atom stereocenters. The number of nitrogens with one attached hydrogen (secondary N) is 1. The Hall–Kier alpha value is -1.84. The van der Waals surface area contributed by atoms with Crippen LogP contribution >= 0.6 is 0 Å². The van der Waals surface area contributed by atoms with Crippen LogP contribution in [0.3, 0.4) is 0 Å². The Balaban J connectivity index is 1.89. The SMILES string of the molecule is CC(C)C(=O)N1CCc2ccccc2[C@@H]1C(=O)NC1CCCC1. The van der Waals surface area contributed by atoms with E-state index in [4.69, 9.17) is 0 Å². The molecular formula is C19H26N2O2. The number of hydrogen-bond donors (Lipinski definition) is 1. The first kappa shape index (κ1) is 16.0. The van der Waals surface area contributed by atoms with Crippen LogP contribution in [0.5, 0.6) is 0 Å². The van der Waals surface area contributed by atoms with Crippen LogP contribution in [0.1, 0.15) is 56.7 Å². The number of hydrogen-bond acceptors (Lipinski definition) is 2. The Kier molecular flexibility index (Phi) is 4.69. The number of carbonyl (C=O) groups is 2. The Labute approximate surface area is 138 Å². The van der Waals surface area contributed by atoms with Crippen molar-refractivity contribution in [3.8, 4) is 0 Å². The fourth-order valence-electron chi connectivity index (χ4n) is 3.77. The van der Waals surface area contributed by atoms with Gasteiger partial charge in [-0.1, -0.05) is 51.0 Å². The molecule has 124 valence electrons. The van der Waals surface area contributed by atoms with Gasteiger partial charge >= 0.3 is 0 Å². The maximum absolute atomic E-state index is 12.9. The van der Waals surface area contributed by atoms with Gasteiger partial charge in [0.1, 0.15) is 6.04 Å². The molecule has 1 aromatic carbocycles. The van der Waals surface area contributed by atoms with Crippen LogP contribution in [-0.2, 0) is 16.0 Å². The van der Waals surface area contributed by atoms with E-state index in [0.717, 1.165) is 24.8 Å². The van der Waals surface area contributed by atoms with Gasteiger partial charge in [-0.05, 0) is 30.4 Å². The largest absolute Gasteiger partial charge is 0.351 e. The average molecular weight is 314 g/mol. The average Bonchev–Trinajstić information content (AvgIpc) is 3.05.